The van der Waals surface area contributed by atoms with Crippen LogP contribution in [0.15, 0.2) is 36.4 Å². The number of carbonyl (C=O) groups is 1. The van der Waals surface area contributed by atoms with Gasteiger partial charge in [0.15, 0.2) is 0 Å². The van der Waals surface area contributed by atoms with E-state index >= 15 is 0 Å². The fraction of sp³-hybridized carbons (Fsp3) is 0.0714. The topological polar surface area (TPSA) is 92.5 Å². The van der Waals surface area contributed by atoms with E-state index in [1.54, 1.807) is 13.0 Å². The lowest BCUT2D eigenvalue weighted by atomic mass is 10.1. The van der Waals surface area contributed by atoms with Gasteiger partial charge in [0.05, 0.1) is 10.5 Å². The number of carboxylic acids is 1. The van der Waals surface area contributed by atoms with E-state index in [-0.39, 0.29) is 11.3 Å². The van der Waals surface area contributed by atoms with Crippen molar-refractivity contribution in [1.29, 1.82) is 0 Å². The first kappa shape index (κ1) is 14.4. The van der Waals surface area contributed by atoms with Crippen molar-refractivity contribution in [1.82, 2.24) is 0 Å². The molecule has 0 aliphatic carbocycles. The molecule has 0 heterocycles. The van der Waals surface area contributed by atoms with E-state index in [0.717, 1.165) is 6.07 Å². The molecule has 0 bridgehead atoms. The molecule has 0 unspecified atom stereocenters. The third-order valence-electron chi connectivity index (χ3n) is 2.76. The highest BCUT2D eigenvalue weighted by atomic mass is 19.1. The standard InChI is InChI=1S/C14H11FN2O4/c1-8-4-10(15)7-11(5-8)16-12-3-2-9(14(18)19)6-13(12)17(20)21/h2-7,16H,1H3,(H,18,19). The number of benzene rings is 2. The van der Waals surface area contributed by atoms with Crippen molar-refractivity contribution in [3.05, 3.63) is 63.5 Å². The summed E-state index contributed by atoms with van der Waals surface area (Å²) in [5.41, 5.74) is 0.510. The molecule has 0 radical (unpaired) electrons. The summed E-state index contributed by atoms with van der Waals surface area (Å²) in [5, 5.41) is 22.6. The number of aryl methyl sites for hydroxylation is 1. The van der Waals surface area contributed by atoms with Crippen LogP contribution in [0, 0.1) is 22.9 Å². The van der Waals surface area contributed by atoms with Crippen LogP contribution in [0.4, 0.5) is 21.5 Å². The van der Waals surface area contributed by atoms with Gasteiger partial charge >= 0.3 is 5.97 Å². The van der Waals surface area contributed by atoms with E-state index in [2.05, 4.69) is 5.32 Å². The summed E-state index contributed by atoms with van der Waals surface area (Å²) in [6.07, 6.45) is 0. The van der Waals surface area contributed by atoms with Crippen molar-refractivity contribution >= 4 is 23.0 Å². The highest BCUT2D eigenvalue weighted by molar-refractivity contribution is 5.90. The molecule has 21 heavy (non-hydrogen) atoms. The highest BCUT2D eigenvalue weighted by Crippen LogP contribution is 2.29. The number of rotatable bonds is 4. The van der Waals surface area contributed by atoms with Crippen molar-refractivity contribution in [2.75, 3.05) is 5.32 Å². The van der Waals surface area contributed by atoms with Gasteiger partial charge in [-0.25, -0.2) is 9.18 Å². The molecule has 0 aromatic heterocycles. The molecule has 6 nitrogen and oxygen atoms in total. The Morgan fingerprint density at radius 1 is 1.29 bits per heavy atom. The molecule has 7 heteroatoms. The lowest BCUT2D eigenvalue weighted by molar-refractivity contribution is -0.383. The number of nitro groups is 1. The maximum absolute atomic E-state index is 13.3. The average Bonchev–Trinajstić information content (AvgIpc) is 2.37. The molecule has 108 valence electrons. The van der Waals surface area contributed by atoms with Crippen molar-refractivity contribution < 1.29 is 19.2 Å². The fourth-order valence-corrected chi connectivity index (χ4v) is 1.89. The van der Waals surface area contributed by atoms with Crippen LogP contribution < -0.4 is 5.32 Å². The van der Waals surface area contributed by atoms with E-state index in [1.165, 1.54) is 24.3 Å². The van der Waals surface area contributed by atoms with Gasteiger partial charge in [-0.3, -0.25) is 10.1 Å². The Balaban J connectivity index is 2.43. The number of aromatic carboxylic acids is 1. The lowest BCUT2D eigenvalue weighted by Crippen LogP contribution is -2.02. The van der Waals surface area contributed by atoms with Crippen molar-refractivity contribution in [2.24, 2.45) is 0 Å². The molecule has 0 aliphatic rings. The Labute approximate surface area is 119 Å². The predicted molar refractivity (Wildman–Crippen MR) is 74.5 cm³/mol. The molecule has 2 N–H and O–H groups in total. The van der Waals surface area contributed by atoms with E-state index in [4.69, 9.17) is 5.11 Å². The van der Waals surface area contributed by atoms with Crippen molar-refractivity contribution in [3.63, 3.8) is 0 Å². The minimum absolute atomic E-state index is 0.0926. The number of hydrogen-bond donors (Lipinski definition) is 2. The number of carboxylic acid groups (broad SMARTS) is 1. The monoisotopic (exact) mass is 290 g/mol. The Morgan fingerprint density at radius 2 is 2.00 bits per heavy atom. The second-order valence-corrected chi connectivity index (χ2v) is 4.44. The smallest absolute Gasteiger partial charge is 0.335 e. The number of nitrogens with one attached hydrogen (secondary N) is 1. The Morgan fingerprint density at radius 3 is 2.57 bits per heavy atom. The van der Waals surface area contributed by atoms with Crippen LogP contribution in [0.3, 0.4) is 0 Å². The molecule has 2 aromatic rings. The van der Waals surface area contributed by atoms with E-state index < -0.39 is 22.4 Å². The summed E-state index contributed by atoms with van der Waals surface area (Å²) < 4.78 is 13.3. The number of halogens is 1. The number of hydrogen-bond acceptors (Lipinski definition) is 4. The fourth-order valence-electron chi connectivity index (χ4n) is 1.89. The zero-order valence-electron chi connectivity index (χ0n) is 11.0. The molecule has 0 atom stereocenters. The van der Waals surface area contributed by atoms with Crippen LogP contribution in [0.5, 0.6) is 0 Å². The summed E-state index contributed by atoms with van der Waals surface area (Å²) in [7, 11) is 0. The molecular weight excluding hydrogens is 279 g/mol. The molecule has 0 aliphatic heterocycles. The van der Waals surface area contributed by atoms with Crippen LogP contribution in [0.2, 0.25) is 0 Å². The third kappa shape index (κ3) is 3.33. The van der Waals surface area contributed by atoms with E-state index in [1.807, 2.05) is 0 Å². The minimum atomic E-state index is -1.26. The quantitative estimate of drug-likeness (QED) is 0.664. The molecule has 0 saturated carbocycles. The SMILES string of the molecule is Cc1cc(F)cc(Nc2ccc(C(=O)O)cc2[N+](=O)[O-])c1. The minimum Gasteiger partial charge on any atom is -0.478 e. The van der Waals surface area contributed by atoms with Gasteiger partial charge in [-0.15, -0.1) is 0 Å². The summed E-state index contributed by atoms with van der Waals surface area (Å²) in [4.78, 5) is 21.2. The number of nitrogens with zero attached hydrogens (tertiary/aromatic N) is 1. The van der Waals surface area contributed by atoms with Gasteiger partial charge in [0.25, 0.3) is 5.69 Å². The summed E-state index contributed by atoms with van der Waals surface area (Å²) in [5.74, 6) is -1.73. The van der Waals surface area contributed by atoms with Gasteiger partial charge in [0.2, 0.25) is 0 Å². The van der Waals surface area contributed by atoms with E-state index in [9.17, 15) is 19.3 Å². The van der Waals surface area contributed by atoms with Gasteiger partial charge in [-0.05, 0) is 42.8 Å². The second kappa shape index (κ2) is 5.58. The summed E-state index contributed by atoms with van der Waals surface area (Å²) in [6.45, 7) is 1.69. The number of nitro benzene ring substituents is 1. The van der Waals surface area contributed by atoms with Gasteiger partial charge in [0.1, 0.15) is 11.5 Å². The van der Waals surface area contributed by atoms with Gasteiger partial charge in [0, 0.05) is 11.8 Å². The Bertz CT molecular complexity index is 711. The maximum Gasteiger partial charge on any atom is 0.335 e. The Hall–Kier alpha value is -2.96. The lowest BCUT2D eigenvalue weighted by Gasteiger charge is -2.09. The van der Waals surface area contributed by atoms with Gasteiger partial charge in [-0.1, -0.05) is 0 Å². The summed E-state index contributed by atoms with van der Waals surface area (Å²) >= 11 is 0. The molecule has 2 rings (SSSR count). The van der Waals surface area contributed by atoms with Crippen LogP contribution in [0.25, 0.3) is 0 Å². The molecule has 0 amide bonds. The first-order chi connectivity index (χ1) is 9.86. The zero-order valence-corrected chi connectivity index (χ0v) is 11.0. The van der Waals surface area contributed by atoms with Gasteiger partial charge in [-0.2, -0.15) is 0 Å². The molecule has 2 aromatic carbocycles. The molecule has 0 spiro atoms. The predicted octanol–water partition coefficient (Wildman–Crippen LogP) is 3.48. The number of anilines is 2. The van der Waals surface area contributed by atoms with Crippen molar-refractivity contribution in [2.45, 2.75) is 6.92 Å². The normalized spacial score (nSPS) is 10.2. The first-order valence-electron chi connectivity index (χ1n) is 5.93. The largest absolute Gasteiger partial charge is 0.478 e. The van der Waals surface area contributed by atoms with Crippen LogP contribution in [-0.4, -0.2) is 16.0 Å². The third-order valence-corrected chi connectivity index (χ3v) is 2.76. The maximum atomic E-state index is 13.3. The molecular formula is C14H11FN2O4. The van der Waals surface area contributed by atoms with Crippen LogP contribution >= 0.6 is 0 Å². The second-order valence-electron chi connectivity index (χ2n) is 4.44. The molecule has 0 saturated heterocycles. The van der Waals surface area contributed by atoms with E-state index in [0.29, 0.717) is 11.3 Å². The zero-order chi connectivity index (χ0) is 15.6. The van der Waals surface area contributed by atoms with Crippen molar-refractivity contribution in [3.8, 4) is 0 Å². The Kier molecular flexibility index (Phi) is 3.84. The highest BCUT2D eigenvalue weighted by Gasteiger charge is 2.17. The van der Waals surface area contributed by atoms with Crippen LogP contribution in [0.1, 0.15) is 15.9 Å². The average molecular weight is 290 g/mol. The van der Waals surface area contributed by atoms with Crippen LogP contribution in [-0.2, 0) is 0 Å². The summed E-state index contributed by atoms with van der Waals surface area (Å²) in [6, 6.07) is 7.62. The first-order valence-corrected chi connectivity index (χ1v) is 5.93. The van der Waals surface area contributed by atoms with Gasteiger partial charge < -0.3 is 10.4 Å². The molecule has 0 fully saturated rings.